The van der Waals surface area contributed by atoms with Gasteiger partial charge in [0, 0.05) is 19.3 Å². The van der Waals surface area contributed by atoms with Crippen molar-refractivity contribution in [1.29, 1.82) is 0 Å². The molecule has 1 fully saturated rings. The Morgan fingerprint density at radius 1 is 1.00 bits per heavy atom. The van der Waals surface area contributed by atoms with E-state index in [-0.39, 0.29) is 5.56 Å². The van der Waals surface area contributed by atoms with Crippen LogP contribution in [0.15, 0.2) is 64.6 Å². The third kappa shape index (κ3) is 3.31. The van der Waals surface area contributed by atoms with Crippen molar-refractivity contribution in [3.05, 3.63) is 70.6 Å². The first kappa shape index (κ1) is 16.3. The molecule has 0 aliphatic carbocycles. The van der Waals surface area contributed by atoms with Crippen LogP contribution in [0, 0.1) is 0 Å². The lowest BCUT2D eigenvalue weighted by Crippen LogP contribution is -2.34. The van der Waals surface area contributed by atoms with Crippen molar-refractivity contribution in [1.82, 2.24) is 9.38 Å². The standard InChI is InChI=1S/C20H21N5O/c26-20-17(15-21-23-16-9-3-1-4-10-16)19(24-12-6-2-7-13-24)22-18-11-5-8-14-25(18)20/h1,3-5,8-11,14-15,23H,2,6-7,12-13H2. The number of benzene rings is 1. The highest BCUT2D eigenvalue weighted by molar-refractivity contribution is 5.87. The smallest absolute Gasteiger partial charge is 0.268 e. The Labute approximate surface area is 151 Å². The van der Waals surface area contributed by atoms with Crippen molar-refractivity contribution >= 4 is 23.4 Å². The molecule has 1 N–H and O–H groups in total. The number of aromatic nitrogens is 2. The fourth-order valence-corrected chi connectivity index (χ4v) is 3.23. The molecule has 0 amide bonds. The van der Waals surface area contributed by atoms with E-state index in [0.717, 1.165) is 37.4 Å². The van der Waals surface area contributed by atoms with Crippen LogP contribution in [0.25, 0.3) is 5.65 Å². The van der Waals surface area contributed by atoms with Gasteiger partial charge in [0.05, 0.1) is 11.9 Å². The van der Waals surface area contributed by atoms with Crippen LogP contribution in [0.3, 0.4) is 0 Å². The van der Waals surface area contributed by atoms with Crippen molar-refractivity contribution < 1.29 is 0 Å². The molecule has 2 aromatic heterocycles. The van der Waals surface area contributed by atoms with E-state index in [1.54, 1.807) is 16.8 Å². The van der Waals surface area contributed by atoms with Gasteiger partial charge in [-0.25, -0.2) is 4.98 Å². The highest BCUT2D eigenvalue weighted by Crippen LogP contribution is 2.20. The van der Waals surface area contributed by atoms with Crippen molar-refractivity contribution in [2.75, 3.05) is 23.4 Å². The van der Waals surface area contributed by atoms with E-state index in [0.29, 0.717) is 11.2 Å². The summed E-state index contributed by atoms with van der Waals surface area (Å²) < 4.78 is 1.57. The molecule has 6 nitrogen and oxygen atoms in total. The molecule has 1 aliphatic rings. The van der Waals surface area contributed by atoms with Gasteiger partial charge in [-0.2, -0.15) is 5.10 Å². The van der Waals surface area contributed by atoms with E-state index < -0.39 is 0 Å². The predicted molar refractivity (Wildman–Crippen MR) is 105 cm³/mol. The van der Waals surface area contributed by atoms with Gasteiger partial charge in [0.2, 0.25) is 0 Å². The number of anilines is 2. The van der Waals surface area contributed by atoms with Crippen LogP contribution in [-0.2, 0) is 0 Å². The fraction of sp³-hybridized carbons (Fsp3) is 0.250. The molecule has 0 spiro atoms. The molecule has 3 heterocycles. The van der Waals surface area contributed by atoms with Crippen molar-refractivity contribution in [2.24, 2.45) is 5.10 Å². The summed E-state index contributed by atoms with van der Waals surface area (Å²) in [6, 6.07) is 15.3. The second kappa shape index (κ2) is 7.39. The highest BCUT2D eigenvalue weighted by Gasteiger charge is 2.19. The van der Waals surface area contributed by atoms with Gasteiger partial charge in [-0.15, -0.1) is 0 Å². The zero-order valence-electron chi connectivity index (χ0n) is 14.5. The van der Waals surface area contributed by atoms with Crippen LogP contribution < -0.4 is 15.9 Å². The number of nitrogens with zero attached hydrogens (tertiary/aromatic N) is 4. The second-order valence-electron chi connectivity index (χ2n) is 6.37. The summed E-state index contributed by atoms with van der Waals surface area (Å²) >= 11 is 0. The maximum Gasteiger partial charge on any atom is 0.268 e. The first-order valence-electron chi connectivity index (χ1n) is 8.93. The Morgan fingerprint density at radius 2 is 1.77 bits per heavy atom. The average molecular weight is 347 g/mol. The molecule has 1 aliphatic heterocycles. The maximum atomic E-state index is 13.0. The lowest BCUT2D eigenvalue weighted by molar-refractivity contribution is 0.573. The molecule has 6 heteroatoms. The Kier molecular flexibility index (Phi) is 4.64. The number of fused-ring (bicyclic) bond motifs is 1. The Balaban J connectivity index is 1.75. The molecular weight excluding hydrogens is 326 g/mol. The Morgan fingerprint density at radius 3 is 2.58 bits per heavy atom. The van der Waals surface area contributed by atoms with Crippen LogP contribution in [-0.4, -0.2) is 28.7 Å². The molecule has 3 aromatic rings. The summed E-state index contributed by atoms with van der Waals surface area (Å²) in [5, 5.41) is 4.28. The second-order valence-corrected chi connectivity index (χ2v) is 6.37. The van der Waals surface area contributed by atoms with E-state index in [4.69, 9.17) is 4.98 Å². The van der Waals surface area contributed by atoms with Gasteiger partial charge in [0.1, 0.15) is 17.0 Å². The average Bonchev–Trinajstić information content (AvgIpc) is 2.71. The number of pyridine rings is 1. The summed E-state index contributed by atoms with van der Waals surface area (Å²) in [6.45, 7) is 1.84. The van der Waals surface area contributed by atoms with Crippen LogP contribution in [0.4, 0.5) is 11.5 Å². The molecule has 4 rings (SSSR count). The van der Waals surface area contributed by atoms with Gasteiger partial charge in [-0.3, -0.25) is 14.6 Å². The molecule has 0 radical (unpaired) electrons. The zero-order chi connectivity index (χ0) is 17.8. The van der Waals surface area contributed by atoms with E-state index >= 15 is 0 Å². The minimum Gasteiger partial charge on any atom is -0.356 e. The van der Waals surface area contributed by atoms with Crippen LogP contribution in [0.1, 0.15) is 24.8 Å². The molecule has 0 atom stereocenters. The van der Waals surface area contributed by atoms with E-state index in [9.17, 15) is 4.79 Å². The molecule has 0 bridgehead atoms. The molecule has 0 unspecified atom stereocenters. The third-order valence-corrected chi connectivity index (χ3v) is 4.57. The molecule has 132 valence electrons. The zero-order valence-corrected chi connectivity index (χ0v) is 14.5. The number of nitrogens with one attached hydrogen (secondary N) is 1. The molecule has 1 saturated heterocycles. The summed E-state index contributed by atoms with van der Waals surface area (Å²) in [7, 11) is 0. The fourth-order valence-electron chi connectivity index (χ4n) is 3.23. The molecular formula is C20H21N5O. The third-order valence-electron chi connectivity index (χ3n) is 4.57. The number of piperidine rings is 1. The number of hydrogen-bond donors (Lipinski definition) is 1. The summed E-state index contributed by atoms with van der Waals surface area (Å²) in [5.74, 6) is 0.722. The quantitative estimate of drug-likeness (QED) is 0.582. The van der Waals surface area contributed by atoms with Gasteiger partial charge in [-0.05, 0) is 43.5 Å². The van der Waals surface area contributed by atoms with Gasteiger partial charge in [0.15, 0.2) is 0 Å². The van der Waals surface area contributed by atoms with Gasteiger partial charge in [-0.1, -0.05) is 24.3 Å². The SMILES string of the molecule is O=c1c(C=NNc2ccccc2)c(N2CCCCC2)nc2ccccn12. The van der Waals surface area contributed by atoms with Crippen molar-refractivity contribution in [3.8, 4) is 0 Å². The monoisotopic (exact) mass is 347 g/mol. The Bertz CT molecular complexity index is 974. The van der Waals surface area contributed by atoms with Gasteiger partial charge in [0.25, 0.3) is 5.56 Å². The predicted octanol–water partition coefficient (Wildman–Crippen LogP) is 3.13. The summed E-state index contributed by atoms with van der Waals surface area (Å²) in [6.07, 6.45) is 6.80. The Hall–Kier alpha value is -3.15. The minimum absolute atomic E-state index is 0.102. The van der Waals surface area contributed by atoms with E-state index in [2.05, 4.69) is 15.4 Å². The first-order valence-corrected chi connectivity index (χ1v) is 8.93. The van der Waals surface area contributed by atoms with E-state index in [1.165, 1.54) is 6.42 Å². The highest BCUT2D eigenvalue weighted by atomic mass is 16.1. The van der Waals surface area contributed by atoms with Crippen molar-refractivity contribution in [3.63, 3.8) is 0 Å². The van der Waals surface area contributed by atoms with Crippen LogP contribution in [0.2, 0.25) is 0 Å². The molecule has 1 aromatic carbocycles. The first-order chi connectivity index (χ1) is 12.8. The lowest BCUT2D eigenvalue weighted by atomic mass is 10.1. The van der Waals surface area contributed by atoms with Gasteiger partial charge < -0.3 is 4.90 Å². The minimum atomic E-state index is -0.102. The van der Waals surface area contributed by atoms with E-state index in [1.807, 2.05) is 48.5 Å². The van der Waals surface area contributed by atoms with Crippen LogP contribution in [0.5, 0.6) is 0 Å². The number of para-hydroxylation sites is 1. The van der Waals surface area contributed by atoms with Crippen LogP contribution >= 0.6 is 0 Å². The molecule has 26 heavy (non-hydrogen) atoms. The van der Waals surface area contributed by atoms with Gasteiger partial charge >= 0.3 is 0 Å². The number of hydrazone groups is 1. The molecule has 0 saturated carbocycles. The lowest BCUT2D eigenvalue weighted by Gasteiger charge is -2.28. The normalized spacial score (nSPS) is 14.8. The summed E-state index contributed by atoms with van der Waals surface area (Å²) in [4.78, 5) is 20.0. The number of rotatable bonds is 4. The maximum absolute atomic E-state index is 13.0. The number of hydrogen-bond acceptors (Lipinski definition) is 5. The summed E-state index contributed by atoms with van der Waals surface area (Å²) in [5.41, 5.74) is 4.92. The largest absolute Gasteiger partial charge is 0.356 e. The topological polar surface area (TPSA) is 62.0 Å². The van der Waals surface area contributed by atoms with Crippen molar-refractivity contribution in [2.45, 2.75) is 19.3 Å².